The van der Waals surface area contributed by atoms with Crippen LogP contribution in [0.3, 0.4) is 0 Å². The zero-order valence-corrected chi connectivity index (χ0v) is 13.6. The van der Waals surface area contributed by atoms with E-state index < -0.39 is 0 Å². The van der Waals surface area contributed by atoms with Gasteiger partial charge < -0.3 is 10.6 Å². The van der Waals surface area contributed by atoms with E-state index in [2.05, 4.69) is 43.3 Å². The first-order valence-electron chi connectivity index (χ1n) is 8.64. The Labute approximate surface area is 129 Å². The van der Waals surface area contributed by atoms with Crippen LogP contribution in [0, 0.1) is 0 Å². The van der Waals surface area contributed by atoms with Crippen molar-refractivity contribution in [2.45, 2.75) is 68.9 Å². The molecule has 1 saturated carbocycles. The Kier molecular flexibility index (Phi) is 4.37. The van der Waals surface area contributed by atoms with Crippen molar-refractivity contribution >= 4 is 0 Å². The van der Waals surface area contributed by atoms with E-state index in [4.69, 9.17) is 5.73 Å². The third-order valence-electron chi connectivity index (χ3n) is 6.08. The van der Waals surface area contributed by atoms with Crippen molar-refractivity contribution in [2.75, 3.05) is 14.1 Å². The highest BCUT2D eigenvalue weighted by Gasteiger charge is 2.42. The van der Waals surface area contributed by atoms with Gasteiger partial charge in [0, 0.05) is 11.6 Å². The maximum Gasteiger partial charge on any atom is 0.0354 e. The van der Waals surface area contributed by atoms with Gasteiger partial charge in [-0.15, -0.1) is 0 Å². The zero-order valence-electron chi connectivity index (χ0n) is 13.6. The van der Waals surface area contributed by atoms with Gasteiger partial charge in [-0.3, -0.25) is 0 Å². The van der Waals surface area contributed by atoms with Crippen LogP contribution < -0.4 is 5.73 Å². The molecule has 1 aromatic rings. The normalized spacial score (nSPS) is 25.8. The fourth-order valence-electron chi connectivity index (χ4n) is 4.76. The van der Waals surface area contributed by atoms with Crippen LogP contribution in [0.2, 0.25) is 0 Å². The molecule has 2 unspecified atom stereocenters. The summed E-state index contributed by atoms with van der Waals surface area (Å²) in [5.74, 6) is 0.669. The summed E-state index contributed by atoms with van der Waals surface area (Å²) in [6.07, 6.45) is 10.3. The second-order valence-corrected chi connectivity index (χ2v) is 7.34. The van der Waals surface area contributed by atoms with E-state index in [-0.39, 0.29) is 5.54 Å². The molecule has 0 radical (unpaired) electrons. The minimum absolute atomic E-state index is 0.242. The van der Waals surface area contributed by atoms with Crippen molar-refractivity contribution in [3.8, 4) is 0 Å². The monoisotopic (exact) mass is 286 g/mol. The molecule has 0 bridgehead atoms. The van der Waals surface area contributed by atoms with Gasteiger partial charge >= 0.3 is 0 Å². The lowest BCUT2D eigenvalue weighted by atomic mass is 9.75. The summed E-state index contributed by atoms with van der Waals surface area (Å²) in [5, 5.41) is 0. The van der Waals surface area contributed by atoms with Gasteiger partial charge in [0.1, 0.15) is 0 Å². The lowest BCUT2D eigenvalue weighted by Crippen LogP contribution is -2.56. The van der Waals surface area contributed by atoms with E-state index in [1.54, 1.807) is 11.1 Å². The average Bonchev–Trinajstić information content (AvgIpc) is 2.98. The molecule has 0 aromatic heterocycles. The Morgan fingerprint density at radius 2 is 1.90 bits per heavy atom. The van der Waals surface area contributed by atoms with Crippen LogP contribution in [-0.4, -0.2) is 30.6 Å². The molecule has 2 heteroatoms. The molecule has 0 aliphatic heterocycles. The van der Waals surface area contributed by atoms with Crippen molar-refractivity contribution < 1.29 is 0 Å². The van der Waals surface area contributed by atoms with Gasteiger partial charge in [-0.25, -0.2) is 0 Å². The van der Waals surface area contributed by atoms with Crippen molar-refractivity contribution in [1.29, 1.82) is 0 Å². The second kappa shape index (κ2) is 6.10. The van der Waals surface area contributed by atoms with Crippen molar-refractivity contribution in [3.05, 3.63) is 35.4 Å². The van der Waals surface area contributed by atoms with E-state index in [0.29, 0.717) is 12.0 Å². The van der Waals surface area contributed by atoms with Gasteiger partial charge in [-0.05, 0) is 69.7 Å². The Bertz CT molecular complexity index is 474. The van der Waals surface area contributed by atoms with Gasteiger partial charge in [0.25, 0.3) is 0 Å². The first-order chi connectivity index (χ1) is 10.1. The molecule has 1 aromatic carbocycles. The molecule has 0 spiro atoms. The molecule has 2 N–H and O–H groups in total. The Hall–Kier alpha value is -0.860. The lowest BCUT2D eigenvalue weighted by molar-refractivity contribution is 0.114. The first kappa shape index (κ1) is 15.1. The summed E-state index contributed by atoms with van der Waals surface area (Å²) < 4.78 is 0. The van der Waals surface area contributed by atoms with Crippen LogP contribution in [0.1, 0.15) is 62.0 Å². The quantitative estimate of drug-likeness (QED) is 0.914. The van der Waals surface area contributed by atoms with Gasteiger partial charge in [-0.2, -0.15) is 0 Å². The predicted octanol–water partition coefficient (Wildman–Crippen LogP) is 3.70. The third kappa shape index (κ3) is 2.76. The number of benzene rings is 1. The first-order valence-corrected chi connectivity index (χ1v) is 8.64. The molecule has 21 heavy (non-hydrogen) atoms. The standard InChI is InChI=1S/C19H30N2/c1-21(2)19(12-5-6-13-19)18(20)14-16-10-7-9-15-8-3-4-11-17(15)16/h3-4,8,11,16,18H,5-7,9-10,12-14,20H2,1-2H3. The van der Waals surface area contributed by atoms with Crippen LogP contribution in [0.25, 0.3) is 0 Å². The lowest BCUT2D eigenvalue weighted by Gasteiger charge is -2.43. The molecule has 2 aliphatic carbocycles. The maximum absolute atomic E-state index is 6.76. The van der Waals surface area contributed by atoms with Crippen LogP contribution in [0.5, 0.6) is 0 Å². The summed E-state index contributed by atoms with van der Waals surface area (Å²) in [6, 6.07) is 9.32. The number of rotatable bonds is 4. The second-order valence-electron chi connectivity index (χ2n) is 7.34. The van der Waals surface area contributed by atoms with E-state index in [1.165, 1.54) is 44.9 Å². The number of hydrogen-bond donors (Lipinski definition) is 1. The summed E-state index contributed by atoms with van der Waals surface area (Å²) in [4.78, 5) is 2.42. The molecule has 3 rings (SSSR count). The Morgan fingerprint density at radius 3 is 2.62 bits per heavy atom. The number of likely N-dealkylation sites (N-methyl/N-ethyl adjacent to an activating group) is 1. The topological polar surface area (TPSA) is 29.3 Å². The number of aryl methyl sites for hydroxylation is 1. The van der Waals surface area contributed by atoms with Gasteiger partial charge in [0.05, 0.1) is 0 Å². The van der Waals surface area contributed by atoms with E-state index >= 15 is 0 Å². The number of nitrogens with zero attached hydrogens (tertiary/aromatic N) is 1. The Morgan fingerprint density at radius 1 is 1.19 bits per heavy atom. The van der Waals surface area contributed by atoms with Crippen molar-refractivity contribution in [1.82, 2.24) is 4.90 Å². The summed E-state index contributed by atoms with van der Waals surface area (Å²) in [5.41, 5.74) is 10.1. The van der Waals surface area contributed by atoms with Gasteiger partial charge in [0.15, 0.2) is 0 Å². The molecule has 0 amide bonds. The van der Waals surface area contributed by atoms with Crippen molar-refractivity contribution in [2.24, 2.45) is 5.73 Å². The van der Waals surface area contributed by atoms with E-state index in [1.807, 2.05) is 0 Å². The van der Waals surface area contributed by atoms with Gasteiger partial charge in [0.2, 0.25) is 0 Å². The third-order valence-corrected chi connectivity index (χ3v) is 6.08. The highest BCUT2D eigenvalue weighted by Crippen LogP contribution is 2.41. The molecule has 2 aliphatic rings. The molecule has 116 valence electrons. The summed E-state index contributed by atoms with van der Waals surface area (Å²) in [6.45, 7) is 0. The van der Waals surface area contributed by atoms with Crippen LogP contribution >= 0.6 is 0 Å². The fraction of sp³-hybridized carbons (Fsp3) is 0.684. The minimum atomic E-state index is 0.242. The fourth-order valence-corrected chi connectivity index (χ4v) is 4.76. The van der Waals surface area contributed by atoms with Gasteiger partial charge in [-0.1, -0.05) is 37.1 Å². The maximum atomic E-state index is 6.76. The van der Waals surface area contributed by atoms with Crippen LogP contribution in [-0.2, 0) is 6.42 Å². The highest BCUT2D eigenvalue weighted by atomic mass is 15.2. The highest BCUT2D eigenvalue weighted by molar-refractivity contribution is 5.32. The summed E-state index contributed by atoms with van der Waals surface area (Å²) in [7, 11) is 4.44. The molecular formula is C19H30N2. The summed E-state index contributed by atoms with van der Waals surface area (Å²) >= 11 is 0. The average molecular weight is 286 g/mol. The SMILES string of the molecule is CN(C)C1(C(N)CC2CCCc3ccccc32)CCCC1. The van der Waals surface area contributed by atoms with Crippen molar-refractivity contribution in [3.63, 3.8) is 0 Å². The largest absolute Gasteiger partial charge is 0.326 e. The smallest absolute Gasteiger partial charge is 0.0354 e. The molecular weight excluding hydrogens is 256 g/mol. The van der Waals surface area contributed by atoms with Crippen LogP contribution in [0.4, 0.5) is 0 Å². The minimum Gasteiger partial charge on any atom is -0.326 e. The molecule has 2 nitrogen and oxygen atoms in total. The molecule has 2 atom stereocenters. The van der Waals surface area contributed by atoms with E-state index in [0.717, 1.165) is 6.42 Å². The Balaban J connectivity index is 1.78. The number of fused-ring (bicyclic) bond motifs is 1. The predicted molar refractivity (Wildman–Crippen MR) is 89.6 cm³/mol. The number of nitrogens with two attached hydrogens (primary N) is 1. The number of hydrogen-bond acceptors (Lipinski definition) is 2. The molecule has 0 heterocycles. The zero-order chi connectivity index (χ0) is 14.9. The molecule has 0 saturated heterocycles. The van der Waals surface area contributed by atoms with Crippen LogP contribution in [0.15, 0.2) is 24.3 Å². The molecule has 1 fully saturated rings. The van der Waals surface area contributed by atoms with E-state index in [9.17, 15) is 0 Å².